The first-order valence-corrected chi connectivity index (χ1v) is 9.68. The number of aliphatic imine (C=N–C) groups is 1. The van der Waals surface area contributed by atoms with E-state index < -0.39 is 0 Å². The zero-order chi connectivity index (χ0) is 19.1. The fraction of sp³-hybridized carbons (Fsp3) is 0.381. The molecule has 0 amide bonds. The fourth-order valence-electron chi connectivity index (χ4n) is 3.36. The van der Waals surface area contributed by atoms with Crippen LogP contribution in [0.15, 0.2) is 53.5 Å². The van der Waals surface area contributed by atoms with E-state index in [4.69, 9.17) is 22.1 Å². The van der Waals surface area contributed by atoms with Crippen LogP contribution in [0.1, 0.15) is 12.0 Å². The largest absolute Gasteiger partial charge is 0.495 e. The number of rotatable bonds is 7. The van der Waals surface area contributed by atoms with Crippen LogP contribution in [0.3, 0.4) is 0 Å². The lowest BCUT2D eigenvalue weighted by Crippen LogP contribution is -2.26. The summed E-state index contributed by atoms with van der Waals surface area (Å²) in [6.45, 7) is 4.05. The maximum atomic E-state index is 6.13. The van der Waals surface area contributed by atoms with E-state index in [1.165, 1.54) is 12.0 Å². The van der Waals surface area contributed by atoms with E-state index in [0.29, 0.717) is 22.6 Å². The summed E-state index contributed by atoms with van der Waals surface area (Å²) in [5.41, 5.74) is 8.22. The maximum absolute atomic E-state index is 6.13. The highest BCUT2D eigenvalue weighted by molar-refractivity contribution is 14.0. The first-order valence-electron chi connectivity index (χ1n) is 9.31. The number of nitrogens with two attached hydrogens (primary N) is 1. The Morgan fingerprint density at radius 1 is 1.29 bits per heavy atom. The molecule has 0 saturated carbocycles. The molecule has 1 saturated heterocycles. The predicted octanol–water partition coefficient (Wildman–Crippen LogP) is 4.26. The quantitative estimate of drug-likeness (QED) is 0.329. The van der Waals surface area contributed by atoms with Gasteiger partial charge in [-0.1, -0.05) is 41.9 Å². The molecule has 0 bridgehead atoms. The van der Waals surface area contributed by atoms with Gasteiger partial charge in [0.25, 0.3) is 0 Å². The molecule has 1 unspecified atom stereocenters. The molecule has 3 rings (SSSR count). The number of methoxy groups -OCH3 is 1. The second-order valence-electron chi connectivity index (χ2n) is 6.89. The molecule has 152 valence electrons. The van der Waals surface area contributed by atoms with Gasteiger partial charge in [0.1, 0.15) is 5.75 Å². The minimum atomic E-state index is 0. The molecule has 1 aliphatic heterocycles. The van der Waals surface area contributed by atoms with Crippen LogP contribution in [0, 0.1) is 5.92 Å². The van der Waals surface area contributed by atoms with Crippen molar-refractivity contribution in [2.45, 2.75) is 12.8 Å². The Bertz CT molecular complexity index is 772. The van der Waals surface area contributed by atoms with Crippen molar-refractivity contribution in [1.82, 2.24) is 4.90 Å². The van der Waals surface area contributed by atoms with Crippen LogP contribution < -0.4 is 15.8 Å². The Labute approximate surface area is 189 Å². The van der Waals surface area contributed by atoms with Crippen molar-refractivity contribution in [2.75, 3.05) is 38.6 Å². The Hall–Kier alpha value is -1.51. The van der Waals surface area contributed by atoms with Crippen molar-refractivity contribution in [3.63, 3.8) is 0 Å². The van der Waals surface area contributed by atoms with Gasteiger partial charge in [-0.15, -0.1) is 24.0 Å². The van der Waals surface area contributed by atoms with E-state index in [1.54, 1.807) is 19.2 Å². The molecule has 1 atom stereocenters. The van der Waals surface area contributed by atoms with Crippen molar-refractivity contribution < 1.29 is 4.74 Å². The minimum Gasteiger partial charge on any atom is -0.495 e. The first-order chi connectivity index (χ1) is 13.1. The Kier molecular flexibility index (Phi) is 9.34. The number of guanidine groups is 1. The van der Waals surface area contributed by atoms with Crippen LogP contribution in [0.2, 0.25) is 5.02 Å². The molecule has 2 aromatic carbocycles. The number of halogens is 2. The molecule has 0 spiro atoms. The summed E-state index contributed by atoms with van der Waals surface area (Å²) in [6.07, 6.45) is 2.26. The third-order valence-electron chi connectivity index (χ3n) is 4.87. The molecule has 7 heteroatoms. The van der Waals surface area contributed by atoms with Crippen molar-refractivity contribution in [1.29, 1.82) is 0 Å². The van der Waals surface area contributed by atoms with Crippen LogP contribution in [-0.2, 0) is 6.42 Å². The Morgan fingerprint density at radius 2 is 2.07 bits per heavy atom. The van der Waals surface area contributed by atoms with E-state index in [-0.39, 0.29) is 24.0 Å². The molecule has 0 aromatic heterocycles. The van der Waals surface area contributed by atoms with Crippen LogP contribution in [-0.4, -0.2) is 44.1 Å². The van der Waals surface area contributed by atoms with E-state index in [0.717, 1.165) is 38.3 Å². The van der Waals surface area contributed by atoms with Crippen LogP contribution >= 0.6 is 35.6 Å². The zero-order valence-electron chi connectivity index (χ0n) is 16.1. The molecular formula is C21H28ClIN4O. The number of likely N-dealkylation sites (tertiary alicyclic amines) is 1. The van der Waals surface area contributed by atoms with Gasteiger partial charge in [-0.2, -0.15) is 0 Å². The topological polar surface area (TPSA) is 62.9 Å². The number of benzene rings is 2. The highest BCUT2D eigenvalue weighted by Crippen LogP contribution is 2.27. The molecule has 28 heavy (non-hydrogen) atoms. The predicted molar refractivity (Wildman–Crippen MR) is 128 cm³/mol. The number of hydrogen-bond acceptors (Lipinski definition) is 3. The molecule has 5 nitrogen and oxygen atoms in total. The fourth-order valence-corrected chi connectivity index (χ4v) is 3.61. The van der Waals surface area contributed by atoms with Gasteiger partial charge in [-0.05, 0) is 49.1 Å². The summed E-state index contributed by atoms with van der Waals surface area (Å²) in [7, 11) is 1.59. The number of hydrogen-bond donors (Lipinski definition) is 2. The second kappa shape index (κ2) is 11.5. The molecule has 0 radical (unpaired) electrons. The molecule has 2 aromatic rings. The van der Waals surface area contributed by atoms with E-state index >= 15 is 0 Å². The van der Waals surface area contributed by atoms with Crippen molar-refractivity contribution >= 4 is 47.2 Å². The molecule has 1 aliphatic rings. The molecule has 1 heterocycles. The lowest BCUT2D eigenvalue weighted by atomic mass is 10.1. The smallest absolute Gasteiger partial charge is 0.193 e. The van der Waals surface area contributed by atoms with E-state index in [2.05, 4.69) is 45.5 Å². The van der Waals surface area contributed by atoms with E-state index in [9.17, 15) is 0 Å². The van der Waals surface area contributed by atoms with Gasteiger partial charge >= 0.3 is 0 Å². The van der Waals surface area contributed by atoms with Crippen molar-refractivity contribution in [3.8, 4) is 5.75 Å². The van der Waals surface area contributed by atoms with Gasteiger partial charge < -0.3 is 20.7 Å². The van der Waals surface area contributed by atoms with E-state index in [1.807, 2.05) is 6.07 Å². The molecule has 3 N–H and O–H groups in total. The number of nitrogens with one attached hydrogen (secondary N) is 1. The highest BCUT2D eigenvalue weighted by atomic mass is 127. The van der Waals surface area contributed by atoms with Gasteiger partial charge in [-0.3, -0.25) is 4.99 Å². The minimum absolute atomic E-state index is 0. The first kappa shape index (κ1) is 22.8. The Morgan fingerprint density at radius 3 is 2.79 bits per heavy atom. The van der Waals surface area contributed by atoms with Crippen LogP contribution in [0.25, 0.3) is 0 Å². The monoisotopic (exact) mass is 514 g/mol. The summed E-state index contributed by atoms with van der Waals surface area (Å²) in [4.78, 5) is 7.02. The summed E-state index contributed by atoms with van der Waals surface area (Å²) < 4.78 is 5.15. The highest BCUT2D eigenvalue weighted by Gasteiger charge is 2.21. The lowest BCUT2D eigenvalue weighted by molar-refractivity contribution is 0.330. The lowest BCUT2D eigenvalue weighted by Gasteiger charge is -2.15. The third-order valence-corrected chi connectivity index (χ3v) is 5.17. The zero-order valence-corrected chi connectivity index (χ0v) is 19.2. The number of ether oxygens (including phenoxy) is 1. The van der Waals surface area contributed by atoms with Gasteiger partial charge in [0.15, 0.2) is 5.96 Å². The normalized spacial score (nSPS) is 17.2. The standard InChI is InChI=1S/C21H27ClN4O.HI/c1-27-20-8-7-18(13-19(20)22)25-21(23)24-14-17-10-12-26(15-17)11-9-16-5-3-2-4-6-16;/h2-8,13,17H,9-12,14-15H2,1H3,(H3,23,24,25);1H. The van der Waals surface area contributed by atoms with Crippen molar-refractivity contribution in [2.24, 2.45) is 16.6 Å². The second-order valence-corrected chi connectivity index (χ2v) is 7.30. The van der Waals surface area contributed by atoms with Gasteiger partial charge in [0.2, 0.25) is 0 Å². The third kappa shape index (κ3) is 6.83. The van der Waals surface area contributed by atoms with Gasteiger partial charge in [0.05, 0.1) is 12.1 Å². The van der Waals surface area contributed by atoms with Crippen molar-refractivity contribution in [3.05, 3.63) is 59.1 Å². The maximum Gasteiger partial charge on any atom is 0.193 e. The van der Waals surface area contributed by atoms with Gasteiger partial charge in [0, 0.05) is 25.3 Å². The van der Waals surface area contributed by atoms with Crippen LogP contribution in [0.4, 0.5) is 5.69 Å². The summed E-state index contributed by atoms with van der Waals surface area (Å²) in [5, 5.41) is 3.63. The molecular weight excluding hydrogens is 487 g/mol. The summed E-state index contributed by atoms with van der Waals surface area (Å²) in [6, 6.07) is 16.1. The summed E-state index contributed by atoms with van der Waals surface area (Å²) in [5.74, 6) is 1.61. The Balaban J connectivity index is 0.00000280. The number of anilines is 1. The molecule has 0 aliphatic carbocycles. The molecule has 1 fully saturated rings. The summed E-state index contributed by atoms with van der Waals surface area (Å²) >= 11 is 6.13. The number of nitrogens with zero attached hydrogens (tertiary/aromatic N) is 2. The average Bonchev–Trinajstić information content (AvgIpc) is 3.14. The van der Waals surface area contributed by atoms with Gasteiger partial charge in [-0.25, -0.2) is 0 Å². The average molecular weight is 515 g/mol. The SMILES string of the molecule is COc1ccc(NC(N)=NCC2CCN(CCc3ccccc3)C2)cc1Cl.I. The van der Waals surface area contributed by atoms with Crippen LogP contribution in [0.5, 0.6) is 5.75 Å².